The first-order valence-corrected chi connectivity index (χ1v) is 2.93. The zero-order valence-corrected chi connectivity index (χ0v) is 5.63. The molecule has 0 N–H and O–H groups in total. The van der Waals surface area contributed by atoms with E-state index in [4.69, 9.17) is 11.6 Å². The normalized spacial score (nSPS) is 13.6. The zero-order valence-electron chi connectivity index (χ0n) is 4.87. The van der Waals surface area contributed by atoms with E-state index >= 15 is 0 Å². The van der Waals surface area contributed by atoms with E-state index in [0.29, 0.717) is 11.8 Å². The van der Waals surface area contributed by atoms with Crippen molar-refractivity contribution in [3.8, 4) is 0 Å². The van der Waals surface area contributed by atoms with Crippen LogP contribution in [0.15, 0.2) is 12.2 Å². The lowest BCUT2D eigenvalue weighted by Crippen LogP contribution is -1.94. The third-order valence-electron chi connectivity index (χ3n) is 1.07. The van der Waals surface area contributed by atoms with Gasteiger partial charge in [0.05, 0.1) is 0 Å². The molecule has 0 heterocycles. The van der Waals surface area contributed by atoms with Crippen molar-refractivity contribution in [1.82, 2.24) is 0 Å². The Morgan fingerprint density at radius 2 is 2.29 bits per heavy atom. The number of halogens is 1. The van der Waals surface area contributed by atoms with E-state index in [-0.39, 0.29) is 0 Å². The van der Waals surface area contributed by atoms with Crippen molar-refractivity contribution < 1.29 is 0 Å². The highest BCUT2D eigenvalue weighted by Crippen LogP contribution is 2.07. The molecule has 0 aromatic carbocycles. The van der Waals surface area contributed by atoms with Gasteiger partial charge in [0.15, 0.2) is 0 Å². The summed E-state index contributed by atoms with van der Waals surface area (Å²) in [6.45, 7) is 7.80. The lowest BCUT2D eigenvalue weighted by molar-refractivity contribution is 0.782. The molecule has 0 bridgehead atoms. The monoisotopic (exact) mass is 118 g/mol. The fourth-order valence-electron chi connectivity index (χ4n) is 0.132. The molecular formula is C6H11Cl. The molecule has 0 radical (unpaired) electrons. The van der Waals surface area contributed by atoms with Crippen molar-refractivity contribution in [3.63, 3.8) is 0 Å². The van der Waals surface area contributed by atoms with Crippen molar-refractivity contribution in [1.29, 1.82) is 0 Å². The number of allylic oxidation sites excluding steroid dienone is 1. The van der Waals surface area contributed by atoms with E-state index in [9.17, 15) is 0 Å². The topological polar surface area (TPSA) is 0 Å². The van der Waals surface area contributed by atoms with Crippen LogP contribution in [0, 0.1) is 5.92 Å². The quantitative estimate of drug-likeness (QED) is 0.386. The van der Waals surface area contributed by atoms with Crippen LogP contribution in [0.25, 0.3) is 0 Å². The van der Waals surface area contributed by atoms with Gasteiger partial charge >= 0.3 is 0 Å². The highest BCUT2D eigenvalue weighted by atomic mass is 35.5. The van der Waals surface area contributed by atoms with Crippen LogP contribution in [0.3, 0.4) is 0 Å². The second-order valence-electron chi connectivity index (χ2n) is 1.90. The van der Waals surface area contributed by atoms with Crippen molar-refractivity contribution >= 4 is 11.6 Å². The summed E-state index contributed by atoms with van der Waals surface area (Å²) in [6.07, 6.45) is 0. The summed E-state index contributed by atoms with van der Waals surface area (Å²) < 4.78 is 0. The third kappa shape index (κ3) is 2.69. The first kappa shape index (κ1) is 7.03. The zero-order chi connectivity index (χ0) is 5.86. The molecule has 42 valence electrons. The predicted octanol–water partition coefficient (Wildman–Crippen LogP) is 2.44. The Balaban J connectivity index is 3.34. The number of rotatable bonds is 2. The second-order valence-corrected chi connectivity index (χ2v) is 2.21. The van der Waals surface area contributed by atoms with Crippen LogP contribution in [-0.4, -0.2) is 5.88 Å². The Kier molecular flexibility index (Phi) is 3.10. The lowest BCUT2D eigenvalue weighted by Gasteiger charge is -2.02. The van der Waals surface area contributed by atoms with E-state index in [1.54, 1.807) is 0 Å². The maximum atomic E-state index is 5.49. The molecule has 0 nitrogen and oxygen atoms in total. The average molecular weight is 119 g/mol. The van der Waals surface area contributed by atoms with Crippen molar-refractivity contribution in [2.75, 3.05) is 5.88 Å². The molecule has 0 rings (SSSR count). The molecule has 1 atom stereocenters. The molecule has 0 aromatic heterocycles. The minimum atomic E-state index is 0.474. The van der Waals surface area contributed by atoms with Gasteiger partial charge in [-0.15, -0.1) is 11.6 Å². The highest BCUT2D eigenvalue weighted by Gasteiger charge is 1.96. The molecule has 0 amide bonds. The molecule has 1 heteroatoms. The van der Waals surface area contributed by atoms with Crippen LogP contribution in [0.1, 0.15) is 13.8 Å². The smallest absolute Gasteiger partial charge is 0.0286 e. The van der Waals surface area contributed by atoms with Gasteiger partial charge < -0.3 is 0 Å². The van der Waals surface area contributed by atoms with E-state index in [1.165, 1.54) is 0 Å². The predicted molar refractivity (Wildman–Crippen MR) is 34.7 cm³/mol. The largest absolute Gasteiger partial charge is 0.126 e. The summed E-state index contributed by atoms with van der Waals surface area (Å²) >= 11 is 5.49. The van der Waals surface area contributed by atoms with Gasteiger partial charge in [0.2, 0.25) is 0 Å². The molecule has 7 heavy (non-hydrogen) atoms. The summed E-state index contributed by atoms with van der Waals surface area (Å²) in [6, 6.07) is 0. The summed E-state index contributed by atoms with van der Waals surface area (Å²) in [4.78, 5) is 0. The summed E-state index contributed by atoms with van der Waals surface area (Å²) in [5.74, 6) is 1.16. The van der Waals surface area contributed by atoms with Gasteiger partial charge in [0.25, 0.3) is 0 Å². The Morgan fingerprint density at radius 1 is 1.86 bits per heavy atom. The minimum absolute atomic E-state index is 0.474. The summed E-state index contributed by atoms with van der Waals surface area (Å²) in [5, 5.41) is 0. The molecule has 0 aromatic rings. The van der Waals surface area contributed by atoms with Gasteiger partial charge in [-0.2, -0.15) is 0 Å². The molecule has 0 saturated heterocycles. The Hall–Kier alpha value is 0.0300. The standard InChI is InChI=1S/C6H11Cl/c1-5(2)6(3)4-7/h6H,1,4H2,2-3H3. The van der Waals surface area contributed by atoms with Gasteiger partial charge in [-0.3, -0.25) is 0 Å². The number of hydrogen-bond acceptors (Lipinski definition) is 0. The van der Waals surface area contributed by atoms with Crippen LogP contribution in [0.4, 0.5) is 0 Å². The number of hydrogen-bond donors (Lipinski definition) is 0. The van der Waals surface area contributed by atoms with Crippen LogP contribution >= 0.6 is 11.6 Å². The fourth-order valence-corrected chi connectivity index (χ4v) is 0.395. The first-order chi connectivity index (χ1) is 3.18. The Labute approximate surface area is 50.2 Å². The first-order valence-electron chi connectivity index (χ1n) is 2.40. The van der Waals surface area contributed by atoms with Crippen LogP contribution in [-0.2, 0) is 0 Å². The molecule has 0 aliphatic heterocycles. The van der Waals surface area contributed by atoms with E-state index in [0.717, 1.165) is 5.57 Å². The van der Waals surface area contributed by atoms with Crippen LogP contribution < -0.4 is 0 Å². The second kappa shape index (κ2) is 3.09. The molecule has 1 unspecified atom stereocenters. The van der Waals surface area contributed by atoms with Crippen molar-refractivity contribution in [2.45, 2.75) is 13.8 Å². The summed E-state index contributed by atoms with van der Waals surface area (Å²) in [7, 11) is 0. The molecule has 0 fully saturated rings. The van der Waals surface area contributed by atoms with Gasteiger partial charge in [-0.25, -0.2) is 0 Å². The highest BCUT2D eigenvalue weighted by molar-refractivity contribution is 6.18. The molecule has 0 saturated carbocycles. The van der Waals surface area contributed by atoms with Crippen LogP contribution in [0.2, 0.25) is 0 Å². The third-order valence-corrected chi connectivity index (χ3v) is 1.54. The average Bonchev–Trinajstić information content (AvgIpc) is 1.65. The number of alkyl halides is 1. The van der Waals surface area contributed by atoms with Gasteiger partial charge in [0.1, 0.15) is 0 Å². The maximum absolute atomic E-state index is 5.49. The molecule has 0 aliphatic rings. The minimum Gasteiger partial charge on any atom is -0.126 e. The van der Waals surface area contributed by atoms with Crippen LogP contribution in [0.5, 0.6) is 0 Å². The van der Waals surface area contributed by atoms with E-state index in [2.05, 4.69) is 13.5 Å². The molecule has 0 aliphatic carbocycles. The molecular weight excluding hydrogens is 108 g/mol. The van der Waals surface area contributed by atoms with E-state index in [1.807, 2.05) is 6.92 Å². The summed E-state index contributed by atoms with van der Waals surface area (Å²) in [5.41, 5.74) is 1.16. The van der Waals surface area contributed by atoms with Gasteiger partial charge in [-0.05, 0) is 12.8 Å². The SMILES string of the molecule is C=C(C)C(C)CCl. The fraction of sp³-hybridized carbons (Fsp3) is 0.667. The lowest BCUT2D eigenvalue weighted by atomic mass is 10.1. The Morgan fingerprint density at radius 3 is 2.29 bits per heavy atom. The Bertz CT molecular complexity index is 66.6. The molecule has 0 spiro atoms. The van der Waals surface area contributed by atoms with Gasteiger partial charge in [0, 0.05) is 5.88 Å². The van der Waals surface area contributed by atoms with E-state index < -0.39 is 0 Å². The van der Waals surface area contributed by atoms with Crippen molar-refractivity contribution in [2.24, 2.45) is 5.92 Å². The maximum Gasteiger partial charge on any atom is 0.0286 e. The van der Waals surface area contributed by atoms with Gasteiger partial charge in [-0.1, -0.05) is 19.1 Å². The van der Waals surface area contributed by atoms with Crippen molar-refractivity contribution in [3.05, 3.63) is 12.2 Å².